The van der Waals surface area contributed by atoms with Gasteiger partial charge in [0.05, 0.1) is 16.1 Å². The minimum Gasteiger partial charge on any atom is -0.306 e. The van der Waals surface area contributed by atoms with Gasteiger partial charge in [0.1, 0.15) is 5.82 Å². The molecule has 2 aromatic rings. The van der Waals surface area contributed by atoms with Crippen LogP contribution in [-0.2, 0) is 0 Å². The van der Waals surface area contributed by atoms with E-state index in [1.54, 1.807) is 6.07 Å². The first-order valence-corrected chi connectivity index (χ1v) is 8.49. The van der Waals surface area contributed by atoms with E-state index in [0.29, 0.717) is 10.0 Å². The molecule has 0 aromatic heterocycles. The predicted molar refractivity (Wildman–Crippen MR) is 95.7 cm³/mol. The Hall–Kier alpha value is -0.360. The summed E-state index contributed by atoms with van der Waals surface area (Å²) in [6, 6.07) is 10.4. The van der Waals surface area contributed by atoms with E-state index in [-0.39, 0.29) is 11.9 Å². The van der Waals surface area contributed by atoms with Crippen LogP contribution in [-0.4, -0.2) is 6.54 Å². The standard InChI is InChI=1S/C16H15Cl2FIN/c1-2-7-21-16(10-3-6-13(17)14(18)8-10)12-5-4-11(19)9-15(12)20/h3-6,8-9,16,21H,2,7H2,1H3. The average molecular weight is 438 g/mol. The molecule has 1 unspecified atom stereocenters. The molecule has 2 rings (SSSR count). The zero-order valence-corrected chi connectivity index (χ0v) is 15.1. The molecule has 2 aromatic carbocycles. The smallest absolute Gasteiger partial charge is 0.124 e. The first-order valence-electron chi connectivity index (χ1n) is 6.66. The van der Waals surface area contributed by atoms with Gasteiger partial charge in [-0.25, -0.2) is 4.39 Å². The van der Waals surface area contributed by atoms with Crippen LogP contribution in [0.3, 0.4) is 0 Å². The van der Waals surface area contributed by atoms with Crippen LogP contribution < -0.4 is 5.32 Å². The summed E-state index contributed by atoms with van der Waals surface area (Å²) >= 11 is 14.3. The predicted octanol–water partition coefficient (Wildman–Crippen LogP) is 5.83. The fourth-order valence-corrected chi connectivity index (χ4v) is 3.22. The van der Waals surface area contributed by atoms with Gasteiger partial charge in [0.15, 0.2) is 0 Å². The number of hydrogen-bond acceptors (Lipinski definition) is 1. The van der Waals surface area contributed by atoms with E-state index >= 15 is 0 Å². The van der Waals surface area contributed by atoms with Crippen LogP contribution in [0.2, 0.25) is 10.0 Å². The summed E-state index contributed by atoms with van der Waals surface area (Å²) in [5.74, 6) is -0.230. The van der Waals surface area contributed by atoms with E-state index in [9.17, 15) is 4.39 Å². The largest absolute Gasteiger partial charge is 0.306 e. The van der Waals surface area contributed by atoms with Gasteiger partial charge in [-0.1, -0.05) is 42.3 Å². The van der Waals surface area contributed by atoms with Gasteiger partial charge in [-0.3, -0.25) is 0 Å². The Morgan fingerprint density at radius 3 is 2.52 bits per heavy atom. The number of benzene rings is 2. The molecule has 0 heterocycles. The first kappa shape index (κ1) is 17.0. The average Bonchev–Trinajstić information content (AvgIpc) is 2.44. The molecule has 0 bridgehead atoms. The second-order valence-electron chi connectivity index (χ2n) is 4.73. The summed E-state index contributed by atoms with van der Waals surface area (Å²) in [4.78, 5) is 0. The minimum absolute atomic E-state index is 0.0350. The summed E-state index contributed by atoms with van der Waals surface area (Å²) in [6.45, 7) is 2.97. The van der Waals surface area contributed by atoms with Gasteiger partial charge in [0, 0.05) is 3.57 Å². The Bertz CT molecular complexity index is 634. The van der Waals surface area contributed by atoms with Crippen molar-refractivity contribution >= 4 is 45.8 Å². The second kappa shape index (κ2) is 7.77. The van der Waals surface area contributed by atoms with Crippen LogP contribution in [0.15, 0.2) is 36.4 Å². The summed E-state index contributed by atoms with van der Waals surface area (Å²) in [7, 11) is 0. The van der Waals surface area contributed by atoms with Crippen molar-refractivity contribution in [1.29, 1.82) is 0 Å². The zero-order valence-electron chi connectivity index (χ0n) is 11.5. The van der Waals surface area contributed by atoms with Gasteiger partial charge in [-0.2, -0.15) is 0 Å². The quantitative estimate of drug-likeness (QED) is 0.580. The molecule has 1 atom stereocenters. The third kappa shape index (κ3) is 4.31. The van der Waals surface area contributed by atoms with E-state index in [1.165, 1.54) is 12.1 Å². The van der Waals surface area contributed by atoms with Crippen molar-refractivity contribution in [3.8, 4) is 0 Å². The Labute approximate surface area is 148 Å². The highest BCUT2D eigenvalue weighted by Gasteiger charge is 2.17. The van der Waals surface area contributed by atoms with Gasteiger partial charge in [-0.05, 0) is 70.9 Å². The maximum absolute atomic E-state index is 13.3. The molecule has 0 radical (unpaired) electrons. The van der Waals surface area contributed by atoms with Gasteiger partial charge in [0.25, 0.3) is 0 Å². The lowest BCUT2D eigenvalue weighted by Gasteiger charge is -2.21. The molecule has 1 N–H and O–H groups in total. The lowest BCUT2D eigenvalue weighted by molar-refractivity contribution is 0.590. The highest BCUT2D eigenvalue weighted by molar-refractivity contribution is 14.1. The molecule has 0 fully saturated rings. The normalized spacial score (nSPS) is 12.4. The molecule has 0 aliphatic carbocycles. The summed E-state index contributed by atoms with van der Waals surface area (Å²) in [5.41, 5.74) is 2.05. The number of halogens is 4. The molecule has 0 aliphatic rings. The second-order valence-corrected chi connectivity index (χ2v) is 6.70. The Morgan fingerprint density at radius 1 is 1.14 bits per heavy atom. The van der Waals surface area contributed by atoms with E-state index in [2.05, 4.69) is 34.8 Å². The molecular formula is C16H15Cl2FIN. The van der Waals surface area contributed by atoms with Crippen LogP contribution in [0.4, 0.5) is 4.39 Å². The van der Waals surface area contributed by atoms with E-state index < -0.39 is 0 Å². The van der Waals surface area contributed by atoms with E-state index in [4.69, 9.17) is 23.2 Å². The highest BCUT2D eigenvalue weighted by atomic mass is 127. The van der Waals surface area contributed by atoms with Crippen LogP contribution in [0, 0.1) is 9.39 Å². The maximum atomic E-state index is 13.3. The molecule has 21 heavy (non-hydrogen) atoms. The molecule has 1 nitrogen and oxygen atoms in total. The van der Waals surface area contributed by atoms with Crippen molar-refractivity contribution in [3.05, 3.63) is 67.0 Å². The van der Waals surface area contributed by atoms with Gasteiger partial charge in [0.2, 0.25) is 0 Å². The summed E-state index contributed by atoms with van der Waals surface area (Å²) in [5, 5.41) is 4.53. The molecule has 0 saturated heterocycles. The SMILES string of the molecule is CCCNC(c1ccc(Cl)c(Cl)c1)c1ccc(F)cc1I. The zero-order chi connectivity index (χ0) is 15.4. The van der Waals surface area contributed by atoms with Crippen LogP contribution >= 0.6 is 45.8 Å². The monoisotopic (exact) mass is 437 g/mol. The Morgan fingerprint density at radius 2 is 1.90 bits per heavy atom. The molecular weight excluding hydrogens is 423 g/mol. The lowest BCUT2D eigenvalue weighted by atomic mass is 9.98. The van der Waals surface area contributed by atoms with E-state index in [0.717, 1.165) is 27.7 Å². The van der Waals surface area contributed by atoms with Gasteiger partial charge >= 0.3 is 0 Å². The van der Waals surface area contributed by atoms with Gasteiger partial charge in [-0.15, -0.1) is 0 Å². The third-order valence-electron chi connectivity index (χ3n) is 3.15. The molecule has 0 saturated carbocycles. The number of nitrogens with one attached hydrogen (secondary N) is 1. The van der Waals surface area contributed by atoms with Gasteiger partial charge < -0.3 is 5.32 Å². The summed E-state index contributed by atoms with van der Waals surface area (Å²) < 4.78 is 14.2. The maximum Gasteiger partial charge on any atom is 0.124 e. The first-order chi connectivity index (χ1) is 10.0. The third-order valence-corrected chi connectivity index (χ3v) is 4.82. The van der Waals surface area contributed by atoms with Crippen LogP contribution in [0.5, 0.6) is 0 Å². The molecule has 5 heteroatoms. The molecule has 112 valence electrons. The van der Waals surface area contributed by atoms with E-state index in [1.807, 2.05) is 18.2 Å². The lowest BCUT2D eigenvalue weighted by Crippen LogP contribution is -2.24. The molecule has 0 amide bonds. The summed E-state index contributed by atoms with van der Waals surface area (Å²) in [6.07, 6.45) is 1.01. The Kier molecular flexibility index (Phi) is 6.29. The van der Waals surface area contributed by atoms with Crippen molar-refractivity contribution < 1.29 is 4.39 Å². The fourth-order valence-electron chi connectivity index (χ4n) is 2.12. The van der Waals surface area contributed by atoms with Crippen molar-refractivity contribution in [3.63, 3.8) is 0 Å². The number of hydrogen-bond donors (Lipinski definition) is 1. The van der Waals surface area contributed by atoms with Crippen molar-refractivity contribution in [2.45, 2.75) is 19.4 Å². The van der Waals surface area contributed by atoms with Crippen molar-refractivity contribution in [2.24, 2.45) is 0 Å². The van der Waals surface area contributed by atoms with Crippen molar-refractivity contribution in [1.82, 2.24) is 5.32 Å². The van der Waals surface area contributed by atoms with Crippen molar-refractivity contribution in [2.75, 3.05) is 6.54 Å². The Balaban J connectivity index is 2.44. The van der Waals surface area contributed by atoms with Crippen LogP contribution in [0.25, 0.3) is 0 Å². The number of rotatable bonds is 5. The topological polar surface area (TPSA) is 12.0 Å². The molecule has 0 aliphatic heterocycles. The molecule has 0 spiro atoms. The highest BCUT2D eigenvalue weighted by Crippen LogP contribution is 2.31. The van der Waals surface area contributed by atoms with Crippen LogP contribution in [0.1, 0.15) is 30.5 Å². The minimum atomic E-state index is -0.230. The fraction of sp³-hybridized carbons (Fsp3) is 0.250.